The second-order valence-corrected chi connectivity index (χ2v) is 7.09. The molecule has 7 heteroatoms. The molecule has 29 heavy (non-hydrogen) atoms. The molecule has 0 unspecified atom stereocenters. The van der Waals surface area contributed by atoms with Gasteiger partial charge in [0.2, 0.25) is 0 Å². The van der Waals surface area contributed by atoms with E-state index in [1.54, 1.807) is 12.4 Å². The standard InChI is InChI=1S/C22H16ClN6/c1-29-9-8-15-2-3-16(10-20(15)29)21-24-13-19(23)22(28-21)27-18-6-4-14(5-7-18)17-11-25-26-12-17/h2-8,10-13H,1H3,(H,25,26)(H,24,27,28). The van der Waals surface area contributed by atoms with Gasteiger partial charge < -0.3 is 9.88 Å². The molecule has 2 aromatic carbocycles. The van der Waals surface area contributed by atoms with Gasteiger partial charge in [0.15, 0.2) is 11.6 Å². The molecule has 6 nitrogen and oxygen atoms in total. The minimum Gasteiger partial charge on any atom is -0.342 e. The first-order valence-electron chi connectivity index (χ1n) is 9.04. The van der Waals surface area contributed by atoms with Gasteiger partial charge in [0.1, 0.15) is 5.02 Å². The number of anilines is 2. The van der Waals surface area contributed by atoms with Crippen LogP contribution in [0.2, 0.25) is 5.02 Å². The number of aromatic amines is 1. The molecule has 0 bridgehead atoms. The number of hydrogen-bond acceptors (Lipinski definition) is 4. The van der Waals surface area contributed by atoms with Gasteiger partial charge in [0.25, 0.3) is 0 Å². The summed E-state index contributed by atoms with van der Waals surface area (Å²) in [6.45, 7) is 0. The summed E-state index contributed by atoms with van der Waals surface area (Å²) in [5, 5.41) is 11.7. The third-order valence-corrected chi connectivity index (χ3v) is 5.06. The molecule has 5 rings (SSSR count). The van der Waals surface area contributed by atoms with Crippen LogP contribution in [0.3, 0.4) is 0 Å². The number of nitrogens with zero attached hydrogens (tertiary/aromatic N) is 4. The number of H-pyrrole nitrogens is 1. The second-order valence-electron chi connectivity index (χ2n) is 6.69. The monoisotopic (exact) mass is 399 g/mol. The normalized spacial score (nSPS) is 11.1. The Morgan fingerprint density at radius 2 is 1.86 bits per heavy atom. The first kappa shape index (κ1) is 17.5. The molecule has 0 saturated heterocycles. The van der Waals surface area contributed by atoms with Gasteiger partial charge in [-0.15, -0.1) is 0 Å². The van der Waals surface area contributed by atoms with E-state index in [1.165, 1.54) is 0 Å². The quantitative estimate of drug-likeness (QED) is 0.434. The number of aromatic nitrogens is 5. The van der Waals surface area contributed by atoms with Crippen LogP contribution >= 0.6 is 11.6 Å². The van der Waals surface area contributed by atoms with Crippen molar-refractivity contribution in [3.63, 3.8) is 0 Å². The van der Waals surface area contributed by atoms with Crippen molar-refractivity contribution < 1.29 is 0 Å². The summed E-state index contributed by atoms with van der Waals surface area (Å²) in [4.78, 5) is 9.05. The summed E-state index contributed by atoms with van der Waals surface area (Å²) < 4.78 is 1.95. The van der Waals surface area contributed by atoms with Crippen LogP contribution in [0.1, 0.15) is 0 Å². The highest BCUT2D eigenvalue weighted by molar-refractivity contribution is 6.32. The van der Waals surface area contributed by atoms with Gasteiger partial charge in [-0.25, -0.2) is 9.97 Å². The second kappa shape index (κ2) is 7.07. The minimum atomic E-state index is 0.459. The van der Waals surface area contributed by atoms with Crippen molar-refractivity contribution in [2.45, 2.75) is 0 Å². The van der Waals surface area contributed by atoms with E-state index in [0.29, 0.717) is 16.7 Å². The van der Waals surface area contributed by atoms with Crippen LogP contribution in [0.25, 0.3) is 33.4 Å². The Morgan fingerprint density at radius 1 is 1.03 bits per heavy atom. The Hall–Kier alpha value is -3.64. The molecule has 0 atom stereocenters. The molecule has 0 aliphatic rings. The summed E-state index contributed by atoms with van der Waals surface area (Å²) in [6.07, 6.45) is 8.43. The SMILES string of the molecule is Cn1[c]cc2ccc(-c3ncc(Cl)c(Nc4ccc(-c5cn[nH]c5)cc4)n3)cc21. The van der Waals surface area contributed by atoms with E-state index < -0.39 is 0 Å². The fourth-order valence-electron chi connectivity index (χ4n) is 3.22. The number of nitrogens with one attached hydrogen (secondary N) is 2. The molecule has 0 aliphatic heterocycles. The molecule has 1 radical (unpaired) electrons. The van der Waals surface area contributed by atoms with E-state index in [0.717, 1.165) is 33.3 Å². The van der Waals surface area contributed by atoms with E-state index in [4.69, 9.17) is 11.6 Å². The van der Waals surface area contributed by atoms with Crippen LogP contribution in [0.15, 0.2) is 67.1 Å². The lowest BCUT2D eigenvalue weighted by atomic mass is 10.1. The summed E-state index contributed by atoms with van der Waals surface area (Å²) in [7, 11) is 1.97. The Kier molecular flexibility index (Phi) is 4.26. The molecule has 3 aromatic heterocycles. The molecule has 2 N–H and O–H groups in total. The molecule has 0 fully saturated rings. The first-order chi connectivity index (χ1) is 14.2. The van der Waals surface area contributed by atoms with Gasteiger partial charge in [-0.2, -0.15) is 5.10 Å². The lowest BCUT2D eigenvalue weighted by Crippen LogP contribution is -1.98. The summed E-state index contributed by atoms with van der Waals surface area (Å²) in [6, 6.07) is 16.1. The number of benzene rings is 2. The number of fused-ring (bicyclic) bond motifs is 1. The maximum absolute atomic E-state index is 6.34. The zero-order valence-electron chi connectivity index (χ0n) is 15.5. The summed E-state index contributed by atoms with van der Waals surface area (Å²) >= 11 is 6.34. The Balaban J connectivity index is 1.45. The molecule has 141 valence electrons. The van der Waals surface area contributed by atoms with Crippen molar-refractivity contribution in [2.75, 3.05) is 5.32 Å². The van der Waals surface area contributed by atoms with Gasteiger partial charge in [-0.3, -0.25) is 5.10 Å². The lowest BCUT2D eigenvalue weighted by Gasteiger charge is -2.10. The van der Waals surface area contributed by atoms with Gasteiger partial charge in [-0.05, 0) is 29.8 Å². The van der Waals surface area contributed by atoms with E-state index >= 15 is 0 Å². The number of hydrogen-bond donors (Lipinski definition) is 2. The molecule has 3 heterocycles. The molecule has 5 aromatic rings. The van der Waals surface area contributed by atoms with Crippen LogP contribution in [0.4, 0.5) is 11.5 Å². The third-order valence-electron chi connectivity index (χ3n) is 4.79. The average molecular weight is 400 g/mol. The van der Waals surface area contributed by atoms with Gasteiger partial charge in [0.05, 0.1) is 18.6 Å². The highest BCUT2D eigenvalue weighted by Gasteiger charge is 2.10. The molecule has 0 amide bonds. The maximum atomic E-state index is 6.34. The van der Waals surface area contributed by atoms with Crippen LogP contribution in [-0.2, 0) is 7.05 Å². The van der Waals surface area contributed by atoms with Crippen LogP contribution < -0.4 is 5.32 Å². The van der Waals surface area contributed by atoms with E-state index in [1.807, 2.05) is 60.3 Å². The Bertz CT molecular complexity index is 1290. The molecule has 0 spiro atoms. The van der Waals surface area contributed by atoms with Crippen molar-refractivity contribution >= 4 is 34.0 Å². The zero-order valence-corrected chi connectivity index (χ0v) is 16.3. The van der Waals surface area contributed by atoms with Crippen molar-refractivity contribution in [1.82, 2.24) is 24.7 Å². The van der Waals surface area contributed by atoms with Gasteiger partial charge in [0, 0.05) is 41.0 Å². The minimum absolute atomic E-state index is 0.459. The van der Waals surface area contributed by atoms with Crippen LogP contribution in [0.5, 0.6) is 0 Å². The number of aryl methyl sites for hydroxylation is 1. The summed E-state index contributed by atoms with van der Waals surface area (Å²) in [5.41, 5.74) is 4.99. The molecular formula is C22H16ClN6. The zero-order chi connectivity index (χ0) is 19.8. The maximum Gasteiger partial charge on any atom is 0.161 e. The first-order valence-corrected chi connectivity index (χ1v) is 9.41. The highest BCUT2D eigenvalue weighted by Crippen LogP contribution is 2.28. The molecular weight excluding hydrogens is 384 g/mol. The fourth-order valence-corrected chi connectivity index (χ4v) is 3.35. The van der Waals surface area contributed by atoms with Gasteiger partial charge in [-0.1, -0.05) is 35.9 Å². The summed E-state index contributed by atoms with van der Waals surface area (Å²) in [5.74, 6) is 1.17. The van der Waals surface area contributed by atoms with E-state index in [-0.39, 0.29) is 0 Å². The Labute approximate surface area is 172 Å². The predicted molar refractivity (Wildman–Crippen MR) is 115 cm³/mol. The number of rotatable bonds is 4. The van der Waals surface area contributed by atoms with Crippen molar-refractivity contribution in [2.24, 2.45) is 7.05 Å². The van der Waals surface area contributed by atoms with Gasteiger partial charge >= 0.3 is 0 Å². The Morgan fingerprint density at radius 3 is 2.66 bits per heavy atom. The topological polar surface area (TPSA) is 71.4 Å². The largest absolute Gasteiger partial charge is 0.342 e. The average Bonchev–Trinajstić information content (AvgIpc) is 3.41. The van der Waals surface area contributed by atoms with Crippen LogP contribution in [0, 0.1) is 6.20 Å². The number of halogens is 1. The fraction of sp³-hybridized carbons (Fsp3) is 0.0455. The van der Waals surface area contributed by atoms with E-state index in [2.05, 4.69) is 37.7 Å². The van der Waals surface area contributed by atoms with Crippen molar-refractivity contribution in [3.05, 3.63) is 78.3 Å². The predicted octanol–water partition coefficient (Wildman–Crippen LogP) is 5.22. The highest BCUT2D eigenvalue weighted by atomic mass is 35.5. The van der Waals surface area contributed by atoms with Crippen molar-refractivity contribution in [3.8, 4) is 22.5 Å². The van der Waals surface area contributed by atoms with Crippen LogP contribution in [-0.4, -0.2) is 24.7 Å². The molecule has 0 aliphatic carbocycles. The van der Waals surface area contributed by atoms with E-state index in [9.17, 15) is 0 Å². The molecule has 0 saturated carbocycles. The smallest absolute Gasteiger partial charge is 0.161 e. The lowest BCUT2D eigenvalue weighted by molar-refractivity contribution is 0.960. The third kappa shape index (κ3) is 3.34. The van der Waals surface area contributed by atoms with Crippen molar-refractivity contribution in [1.29, 1.82) is 0 Å².